The van der Waals surface area contributed by atoms with Crippen LogP contribution in [0.5, 0.6) is 0 Å². The van der Waals surface area contributed by atoms with E-state index in [9.17, 15) is 4.79 Å². The second-order valence-corrected chi connectivity index (χ2v) is 16.7. The molecule has 20 nitrogen and oxygen atoms in total. The number of carbonyl (C=O) groups excluding carboxylic acids is 1. The van der Waals surface area contributed by atoms with E-state index >= 15 is 0 Å². The Labute approximate surface area is 358 Å². The summed E-state index contributed by atoms with van der Waals surface area (Å²) in [6.07, 6.45) is 24.7. The van der Waals surface area contributed by atoms with Crippen molar-refractivity contribution >= 4 is 5.97 Å². The molecule has 3 heterocycles. The predicted octanol–water partition coefficient (Wildman–Crippen LogP) is 6.21. The highest BCUT2D eigenvalue weighted by molar-refractivity contribution is 5.70. The van der Waals surface area contributed by atoms with Crippen LogP contribution >= 0.6 is 0 Å². The molecule has 20 heteroatoms. The Morgan fingerprint density at radius 1 is 0.574 bits per heavy atom. The molecule has 6 rings (SSSR count). The van der Waals surface area contributed by atoms with Crippen LogP contribution in [0.15, 0.2) is 23.7 Å². The molecule has 0 saturated heterocycles. The summed E-state index contributed by atoms with van der Waals surface area (Å²) in [4.78, 5) is 15.8. The van der Waals surface area contributed by atoms with E-state index in [2.05, 4.69) is 41.0 Å². The van der Waals surface area contributed by atoms with E-state index in [4.69, 9.17) is 38.7 Å². The van der Waals surface area contributed by atoms with Crippen molar-refractivity contribution in [1.82, 2.24) is 45.0 Å². The molecule has 0 aliphatic heterocycles. The van der Waals surface area contributed by atoms with E-state index in [1.165, 1.54) is 64.2 Å². The lowest BCUT2D eigenvalue weighted by Crippen LogP contribution is -2.42. The van der Waals surface area contributed by atoms with Gasteiger partial charge in [0.2, 0.25) is 0 Å². The van der Waals surface area contributed by atoms with Gasteiger partial charge in [-0.15, -0.1) is 15.3 Å². The van der Waals surface area contributed by atoms with Gasteiger partial charge in [-0.25, -0.2) is 18.8 Å². The summed E-state index contributed by atoms with van der Waals surface area (Å²) in [5.74, 6) is -0.539. The minimum absolute atomic E-state index is 0.0584. The molecule has 0 N–H and O–H groups in total. The van der Waals surface area contributed by atoms with Crippen LogP contribution in [0.3, 0.4) is 0 Å². The Bertz CT molecular complexity index is 1650. The molecule has 0 radical (unpaired) electrons. The summed E-state index contributed by atoms with van der Waals surface area (Å²) in [6.45, 7) is 2.51. The monoisotopic (exact) mass is 855 g/mol. The third-order valence-corrected chi connectivity index (χ3v) is 11.6. The maximum Gasteiger partial charge on any atom is 0.332 e. The summed E-state index contributed by atoms with van der Waals surface area (Å²) in [5, 5.41) is 30.0. The number of hydrogen-bond donors (Lipinski definition) is 0. The average molecular weight is 855 g/mol. The normalized spacial score (nSPS) is 17.3. The molecule has 0 atom stereocenters. The van der Waals surface area contributed by atoms with E-state index in [-0.39, 0.29) is 72.6 Å². The summed E-state index contributed by atoms with van der Waals surface area (Å²) < 4.78 is 47.3. The minimum Gasteiger partial charge on any atom is -0.463 e. The van der Waals surface area contributed by atoms with Crippen LogP contribution in [0.1, 0.15) is 138 Å². The second-order valence-electron chi connectivity index (χ2n) is 16.7. The zero-order valence-electron chi connectivity index (χ0n) is 35.8. The average Bonchev–Trinajstić information content (AvgIpc) is 4.04. The lowest BCUT2D eigenvalue weighted by atomic mass is 9.92. The maximum atomic E-state index is 13.1. The molecule has 0 spiro atoms. The van der Waals surface area contributed by atoms with Crippen molar-refractivity contribution < 1.29 is 38.0 Å². The molecular weight excluding hydrogens is 789 g/mol. The standard InChI is InChI=1S/C41H66N12O8/c42-47-43-17-18-55-19-20-56-21-22-57-29-40(54)61-33-41(31-59-27-35-24-52(49-45-35)38-13-7-3-8-14-38,32-60-28-36-25-53(50-46-36)39-15-9-4-10-16-39)30-58-26-34-23-51(48-44-34)37-11-5-1-2-6-12-37/h23-25,37-39H,1-22,26-33H2. The molecule has 0 bridgehead atoms. The molecule has 0 unspecified atom stereocenters. The van der Waals surface area contributed by atoms with Gasteiger partial charge in [0.25, 0.3) is 0 Å². The van der Waals surface area contributed by atoms with Crippen molar-refractivity contribution in [2.75, 3.05) is 72.6 Å². The molecule has 3 aromatic rings. The van der Waals surface area contributed by atoms with Crippen LogP contribution in [0, 0.1) is 5.41 Å². The van der Waals surface area contributed by atoms with E-state index in [1.807, 2.05) is 32.6 Å². The Kier molecular flexibility index (Phi) is 20.1. The Hall–Kier alpha value is -4.04. The molecule has 3 fully saturated rings. The minimum atomic E-state index is -0.923. The van der Waals surface area contributed by atoms with Gasteiger partial charge >= 0.3 is 5.97 Å². The van der Waals surface area contributed by atoms with Gasteiger partial charge < -0.3 is 33.2 Å². The van der Waals surface area contributed by atoms with Gasteiger partial charge in [-0.2, -0.15) is 0 Å². The summed E-state index contributed by atoms with van der Waals surface area (Å²) in [5.41, 5.74) is 9.59. The number of aromatic nitrogens is 9. The van der Waals surface area contributed by atoms with Gasteiger partial charge in [-0.1, -0.05) is 85.0 Å². The van der Waals surface area contributed by atoms with Gasteiger partial charge in [0, 0.05) is 11.5 Å². The molecule has 3 aliphatic rings. The zero-order valence-corrected chi connectivity index (χ0v) is 35.8. The molecule has 0 amide bonds. The van der Waals surface area contributed by atoms with E-state index in [0.717, 1.165) is 55.6 Å². The van der Waals surface area contributed by atoms with Crippen molar-refractivity contribution in [3.8, 4) is 0 Å². The number of nitrogens with zero attached hydrogens (tertiary/aromatic N) is 12. The highest BCUT2D eigenvalue weighted by Gasteiger charge is 2.35. The first-order chi connectivity index (χ1) is 30.1. The van der Waals surface area contributed by atoms with Crippen LogP contribution in [0.4, 0.5) is 0 Å². The van der Waals surface area contributed by atoms with Crippen molar-refractivity contribution in [2.24, 2.45) is 10.5 Å². The smallest absolute Gasteiger partial charge is 0.332 e. The van der Waals surface area contributed by atoms with Crippen molar-refractivity contribution in [1.29, 1.82) is 0 Å². The highest BCUT2D eigenvalue weighted by atomic mass is 16.6. The van der Waals surface area contributed by atoms with Crippen LogP contribution in [0.25, 0.3) is 10.4 Å². The molecule has 61 heavy (non-hydrogen) atoms. The fourth-order valence-corrected chi connectivity index (χ4v) is 8.27. The molecule has 338 valence electrons. The number of hydrogen-bond acceptors (Lipinski definition) is 15. The second kappa shape index (κ2) is 26.4. The third-order valence-electron chi connectivity index (χ3n) is 11.6. The number of esters is 1. The molecular formula is C41H66N12O8. The summed E-state index contributed by atoms with van der Waals surface area (Å²) in [6, 6.07) is 1.06. The maximum absolute atomic E-state index is 13.1. The van der Waals surface area contributed by atoms with Crippen LogP contribution in [-0.4, -0.2) is 124 Å². The van der Waals surface area contributed by atoms with Crippen LogP contribution in [-0.2, 0) is 57.8 Å². The van der Waals surface area contributed by atoms with E-state index < -0.39 is 11.4 Å². The quantitative estimate of drug-likeness (QED) is 0.0198. The lowest BCUT2D eigenvalue weighted by Gasteiger charge is -2.32. The van der Waals surface area contributed by atoms with Gasteiger partial charge in [0.1, 0.15) is 30.3 Å². The fourth-order valence-electron chi connectivity index (χ4n) is 8.27. The van der Waals surface area contributed by atoms with Crippen molar-refractivity contribution in [3.63, 3.8) is 0 Å². The first-order valence-corrected chi connectivity index (χ1v) is 22.4. The first kappa shape index (κ1) is 46.5. The molecule has 3 aliphatic carbocycles. The number of carbonyl (C=O) groups is 1. The number of ether oxygens (including phenoxy) is 7. The topological polar surface area (TPSA) is 223 Å². The molecule has 3 aromatic heterocycles. The SMILES string of the molecule is [N-]=[N+]=NCCOCCOCCOCC(=O)OCC(COCc1cn(C2CCCCCC2)nn1)(COCc1cn(C2CCCCC2)nn1)COCc1cn(C2CCCCC2)nn1. The van der Waals surface area contributed by atoms with Crippen molar-refractivity contribution in [2.45, 2.75) is 141 Å². The fraction of sp³-hybridized carbons (Fsp3) is 0.829. The van der Waals surface area contributed by atoms with Crippen molar-refractivity contribution in [3.05, 3.63) is 46.1 Å². The first-order valence-electron chi connectivity index (χ1n) is 22.4. The predicted molar refractivity (Wildman–Crippen MR) is 220 cm³/mol. The summed E-state index contributed by atoms with van der Waals surface area (Å²) in [7, 11) is 0. The Balaban J connectivity index is 1.07. The largest absolute Gasteiger partial charge is 0.463 e. The number of azide groups is 1. The van der Waals surface area contributed by atoms with Crippen LogP contribution in [0.2, 0.25) is 0 Å². The summed E-state index contributed by atoms with van der Waals surface area (Å²) >= 11 is 0. The Morgan fingerprint density at radius 2 is 0.967 bits per heavy atom. The van der Waals surface area contributed by atoms with Gasteiger partial charge in [0.05, 0.1) is 115 Å². The Morgan fingerprint density at radius 3 is 1.39 bits per heavy atom. The zero-order chi connectivity index (χ0) is 42.2. The van der Waals surface area contributed by atoms with E-state index in [0.29, 0.717) is 37.9 Å². The van der Waals surface area contributed by atoms with Gasteiger partial charge in [-0.05, 0) is 44.1 Å². The van der Waals surface area contributed by atoms with Gasteiger partial charge in [-0.3, -0.25) is 0 Å². The lowest BCUT2D eigenvalue weighted by molar-refractivity contribution is -0.162. The third kappa shape index (κ3) is 16.3. The molecule has 0 aromatic carbocycles. The van der Waals surface area contributed by atoms with Crippen LogP contribution < -0.4 is 0 Å². The van der Waals surface area contributed by atoms with Gasteiger partial charge in [0.15, 0.2) is 0 Å². The van der Waals surface area contributed by atoms with E-state index in [1.54, 1.807) is 0 Å². The number of rotatable bonds is 28. The highest BCUT2D eigenvalue weighted by Crippen LogP contribution is 2.30. The molecule has 3 saturated carbocycles.